The third-order valence-electron chi connectivity index (χ3n) is 5.00. The highest BCUT2D eigenvalue weighted by Crippen LogP contribution is 2.38. The number of amides is 2. The van der Waals surface area contributed by atoms with E-state index in [4.69, 9.17) is 18.9 Å². The molecule has 0 bridgehead atoms. The minimum atomic E-state index is -0.793. The first-order chi connectivity index (χ1) is 16.8. The minimum Gasteiger partial charge on any atom is -0.494 e. The lowest BCUT2D eigenvalue weighted by Gasteiger charge is -2.16. The third-order valence-corrected chi connectivity index (χ3v) is 5.00. The first-order valence-electron chi connectivity index (χ1n) is 10.2. The predicted octanol–water partition coefficient (Wildman–Crippen LogP) is 4.13. The van der Waals surface area contributed by atoms with E-state index in [1.54, 1.807) is 30.3 Å². The van der Waals surface area contributed by atoms with Crippen LogP contribution < -0.4 is 29.6 Å². The fourth-order valence-corrected chi connectivity index (χ4v) is 3.27. The van der Waals surface area contributed by atoms with Crippen LogP contribution in [-0.4, -0.2) is 45.2 Å². The second kappa shape index (κ2) is 10.9. The van der Waals surface area contributed by atoms with Crippen molar-refractivity contribution in [2.24, 2.45) is 0 Å². The van der Waals surface area contributed by atoms with E-state index in [-0.39, 0.29) is 40.2 Å². The molecule has 35 heavy (non-hydrogen) atoms. The van der Waals surface area contributed by atoms with Crippen LogP contribution in [0.25, 0.3) is 0 Å². The van der Waals surface area contributed by atoms with Crippen LogP contribution in [-0.2, 0) is 0 Å². The number of hydrogen-bond acceptors (Lipinski definition) is 8. The van der Waals surface area contributed by atoms with Gasteiger partial charge in [-0.15, -0.1) is 0 Å². The molecule has 182 valence electrons. The number of ether oxygens (including phenoxy) is 4. The van der Waals surface area contributed by atoms with E-state index in [1.165, 1.54) is 46.6 Å². The van der Waals surface area contributed by atoms with Crippen molar-refractivity contribution >= 4 is 28.9 Å². The van der Waals surface area contributed by atoms with Gasteiger partial charge in [0, 0.05) is 23.8 Å². The third kappa shape index (κ3) is 5.41. The van der Waals surface area contributed by atoms with Crippen LogP contribution in [0.15, 0.2) is 54.6 Å². The molecule has 0 saturated heterocycles. The number of nitrogens with one attached hydrogen (secondary N) is 2. The standard InChI is InChI=1S/C24H23N3O8/c1-32-19-12-17(20(33-2)11-16(19)25-23(28)14-8-6-5-7-9-14)26-24(29)15-10-21(34-3)22(35-4)13-18(15)27(30)31/h5-13H,1-4H3,(H,25,28)(H,26,29). The molecular weight excluding hydrogens is 458 g/mol. The lowest BCUT2D eigenvalue weighted by Crippen LogP contribution is -2.16. The van der Waals surface area contributed by atoms with Crippen molar-refractivity contribution in [2.45, 2.75) is 0 Å². The summed E-state index contributed by atoms with van der Waals surface area (Å²) in [5, 5.41) is 16.9. The zero-order valence-electron chi connectivity index (χ0n) is 19.4. The average Bonchev–Trinajstić information content (AvgIpc) is 2.88. The van der Waals surface area contributed by atoms with Crippen LogP contribution in [0.5, 0.6) is 23.0 Å². The molecular formula is C24H23N3O8. The van der Waals surface area contributed by atoms with Crippen molar-refractivity contribution in [2.75, 3.05) is 39.1 Å². The molecule has 3 aromatic carbocycles. The molecule has 0 heterocycles. The summed E-state index contributed by atoms with van der Waals surface area (Å²) in [6, 6.07) is 13.8. The van der Waals surface area contributed by atoms with E-state index in [9.17, 15) is 19.7 Å². The van der Waals surface area contributed by atoms with Crippen LogP contribution in [0.3, 0.4) is 0 Å². The minimum absolute atomic E-state index is 0.105. The van der Waals surface area contributed by atoms with Crippen LogP contribution >= 0.6 is 0 Å². The molecule has 0 aliphatic rings. The van der Waals surface area contributed by atoms with Gasteiger partial charge in [0.25, 0.3) is 17.5 Å². The highest BCUT2D eigenvalue weighted by Gasteiger charge is 2.26. The Bertz CT molecular complexity index is 1260. The zero-order chi connectivity index (χ0) is 25.5. The number of rotatable bonds is 9. The number of anilines is 2. The molecule has 2 amide bonds. The molecule has 0 saturated carbocycles. The highest BCUT2D eigenvalue weighted by atomic mass is 16.6. The normalized spacial score (nSPS) is 10.2. The van der Waals surface area contributed by atoms with Crippen molar-refractivity contribution in [3.05, 3.63) is 75.8 Å². The van der Waals surface area contributed by atoms with Gasteiger partial charge in [0.2, 0.25) is 0 Å². The van der Waals surface area contributed by atoms with Crippen LogP contribution in [0, 0.1) is 10.1 Å². The Morgan fingerprint density at radius 1 is 0.714 bits per heavy atom. The van der Waals surface area contributed by atoms with Crippen molar-refractivity contribution in [1.82, 2.24) is 0 Å². The summed E-state index contributed by atoms with van der Waals surface area (Å²) in [6.45, 7) is 0. The number of methoxy groups -OCH3 is 4. The van der Waals surface area contributed by atoms with E-state index in [0.29, 0.717) is 11.3 Å². The maximum Gasteiger partial charge on any atom is 0.286 e. The van der Waals surface area contributed by atoms with Crippen molar-refractivity contribution in [3.63, 3.8) is 0 Å². The molecule has 0 unspecified atom stereocenters. The Labute approximate surface area is 200 Å². The van der Waals surface area contributed by atoms with Gasteiger partial charge < -0.3 is 29.6 Å². The van der Waals surface area contributed by atoms with Crippen LogP contribution in [0.2, 0.25) is 0 Å². The van der Waals surface area contributed by atoms with E-state index < -0.39 is 16.5 Å². The second-order valence-corrected chi connectivity index (χ2v) is 7.01. The molecule has 3 aromatic rings. The zero-order valence-corrected chi connectivity index (χ0v) is 19.4. The summed E-state index contributed by atoms with van der Waals surface area (Å²) < 4.78 is 21.0. The molecule has 0 aliphatic carbocycles. The number of nitrogens with zero attached hydrogens (tertiary/aromatic N) is 1. The first kappa shape index (κ1) is 24.8. The Hall–Kier alpha value is -4.80. The van der Waals surface area contributed by atoms with Gasteiger partial charge in [-0.25, -0.2) is 0 Å². The van der Waals surface area contributed by atoms with Gasteiger partial charge in [-0.05, 0) is 12.1 Å². The summed E-state index contributed by atoms with van der Waals surface area (Å²) in [6.07, 6.45) is 0. The molecule has 11 nitrogen and oxygen atoms in total. The van der Waals surface area contributed by atoms with Gasteiger partial charge in [-0.3, -0.25) is 19.7 Å². The SMILES string of the molecule is COc1cc(NC(=O)c2cc(OC)c(OC)cc2[N+](=O)[O-])c(OC)cc1NC(=O)c1ccccc1. The van der Waals surface area contributed by atoms with Crippen molar-refractivity contribution < 1.29 is 33.5 Å². The molecule has 0 fully saturated rings. The quantitative estimate of drug-likeness (QED) is 0.344. The number of nitro groups is 1. The lowest BCUT2D eigenvalue weighted by atomic mass is 10.1. The van der Waals surface area contributed by atoms with E-state index in [0.717, 1.165) is 6.07 Å². The number of benzene rings is 3. The van der Waals surface area contributed by atoms with Crippen LogP contribution in [0.4, 0.5) is 17.1 Å². The topological polar surface area (TPSA) is 138 Å². The maximum atomic E-state index is 13.0. The van der Waals surface area contributed by atoms with E-state index in [1.807, 2.05) is 0 Å². The van der Waals surface area contributed by atoms with Gasteiger partial charge >= 0.3 is 0 Å². The van der Waals surface area contributed by atoms with E-state index >= 15 is 0 Å². The molecule has 0 radical (unpaired) electrons. The van der Waals surface area contributed by atoms with Crippen molar-refractivity contribution in [3.8, 4) is 23.0 Å². The van der Waals surface area contributed by atoms with Gasteiger partial charge in [0.05, 0.1) is 50.8 Å². The van der Waals surface area contributed by atoms with Gasteiger partial charge in [-0.1, -0.05) is 18.2 Å². The largest absolute Gasteiger partial charge is 0.494 e. The summed E-state index contributed by atoms with van der Waals surface area (Å²) in [7, 11) is 5.45. The lowest BCUT2D eigenvalue weighted by molar-refractivity contribution is -0.385. The van der Waals surface area contributed by atoms with Crippen molar-refractivity contribution in [1.29, 1.82) is 0 Å². The monoisotopic (exact) mass is 481 g/mol. The second-order valence-electron chi connectivity index (χ2n) is 7.01. The van der Waals surface area contributed by atoms with E-state index in [2.05, 4.69) is 10.6 Å². The van der Waals surface area contributed by atoms with Gasteiger partial charge in [-0.2, -0.15) is 0 Å². The maximum absolute atomic E-state index is 13.0. The fourth-order valence-electron chi connectivity index (χ4n) is 3.27. The summed E-state index contributed by atoms with van der Waals surface area (Å²) in [5.74, 6) is -0.499. The summed E-state index contributed by atoms with van der Waals surface area (Å²) >= 11 is 0. The molecule has 0 atom stereocenters. The van der Waals surface area contributed by atoms with Gasteiger partial charge in [0.15, 0.2) is 11.5 Å². The number of carbonyl (C=O) groups is 2. The Morgan fingerprint density at radius 3 is 1.69 bits per heavy atom. The first-order valence-corrected chi connectivity index (χ1v) is 10.2. The Morgan fingerprint density at radius 2 is 1.20 bits per heavy atom. The summed E-state index contributed by atoms with van der Waals surface area (Å²) in [4.78, 5) is 36.5. The predicted molar refractivity (Wildman–Crippen MR) is 128 cm³/mol. The number of nitro benzene ring substituents is 1. The number of hydrogen-bond donors (Lipinski definition) is 2. The Balaban J connectivity index is 1.97. The Kier molecular flexibility index (Phi) is 7.72. The smallest absolute Gasteiger partial charge is 0.286 e. The molecule has 0 aliphatic heterocycles. The fraction of sp³-hybridized carbons (Fsp3) is 0.167. The summed E-state index contributed by atoms with van der Waals surface area (Å²) in [5.41, 5.74) is 0.170. The van der Waals surface area contributed by atoms with Gasteiger partial charge in [0.1, 0.15) is 17.1 Å². The molecule has 3 rings (SSSR count). The number of carbonyl (C=O) groups excluding carboxylic acids is 2. The average molecular weight is 481 g/mol. The molecule has 0 spiro atoms. The molecule has 2 N–H and O–H groups in total. The molecule has 0 aromatic heterocycles. The van der Waals surface area contributed by atoms with Crippen LogP contribution in [0.1, 0.15) is 20.7 Å². The molecule has 11 heteroatoms. The highest BCUT2D eigenvalue weighted by molar-refractivity contribution is 6.09.